The lowest BCUT2D eigenvalue weighted by atomic mass is 10.1. The zero-order chi connectivity index (χ0) is 17.5. The predicted octanol–water partition coefficient (Wildman–Crippen LogP) is 3.75. The van der Waals surface area contributed by atoms with Crippen molar-refractivity contribution >= 4 is 46.7 Å². The maximum atomic E-state index is 6.10. The lowest BCUT2D eigenvalue weighted by molar-refractivity contribution is 0.297. The summed E-state index contributed by atoms with van der Waals surface area (Å²) in [5.74, 6) is 1.11. The van der Waals surface area contributed by atoms with Gasteiger partial charge in [0.25, 0.3) is 0 Å². The number of thiocarbonyl (C=S) groups is 1. The van der Waals surface area contributed by atoms with Crippen LogP contribution in [0.25, 0.3) is 0 Å². The highest BCUT2D eigenvalue weighted by molar-refractivity contribution is 7.80. The van der Waals surface area contributed by atoms with Gasteiger partial charge in [0.15, 0.2) is 10.9 Å². The molecule has 2 rings (SSSR count). The van der Waals surface area contributed by atoms with Crippen LogP contribution in [0.3, 0.4) is 0 Å². The van der Waals surface area contributed by atoms with Crippen molar-refractivity contribution in [2.45, 2.75) is 6.61 Å². The Labute approximate surface area is 155 Å². The van der Waals surface area contributed by atoms with Crippen LogP contribution < -0.4 is 20.6 Å². The number of hydrogen-bond donors (Lipinski definition) is 2. The Morgan fingerprint density at radius 2 is 2.00 bits per heavy atom. The van der Waals surface area contributed by atoms with Gasteiger partial charge in [-0.05, 0) is 48.1 Å². The highest BCUT2D eigenvalue weighted by Crippen LogP contribution is 2.33. The summed E-state index contributed by atoms with van der Waals surface area (Å²) in [7, 11) is 1.59. The molecular weight excluding hydrogens is 369 g/mol. The second-order valence-electron chi connectivity index (χ2n) is 4.64. The van der Waals surface area contributed by atoms with E-state index in [0.717, 1.165) is 11.1 Å². The summed E-state index contributed by atoms with van der Waals surface area (Å²) in [6.07, 6.45) is 1.59. The van der Waals surface area contributed by atoms with Crippen LogP contribution >= 0.6 is 35.4 Å². The first-order valence-electron chi connectivity index (χ1n) is 6.83. The summed E-state index contributed by atoms with van der Waals surface area (Å²) in [5.41, 5.74) is 9.45. The highest BCUT2D eigenvalue weighted by Gasteiger charge is 2.10. The van der Waals surface area contributed by atoms with Crippen molar-refractivity contribution in [2.75, 3.05) is 7.11 Å². The Morgan fingerprint density at radius 1 is 1.29 bits per heavy atom. The molecule has 126 valence electrons. The van der Waals surface area contributed by atoms with E-state index in [4.69, 9.17) is 38.4 Å². The SMILES string of the molecule is COc1ccc(C=NNC(N)=S)cc1COc1c(Cl)cccc1Cl. The molecule has 2 aromatic carbocycles. The minimum atomic E-state index is 0.0941. The molecule has 24 heavy (non-hydrogen) atoms. The molecule has 0 aromatic heterocycles. The zero-order valence-corrected chi connectivity index (χ0v) is 15.1. The Kier molecular flexibility index (Phi) is 6.66. The number of ether oxygens (including phenoxy) is 2. The van der Waals surface area contributed by atoms with E-state index in [0.29, 0.717) is 21.5 Å². The third-order valence-corrected chi connectivity index (χ3v) is 3.67. The predicted molar refractivity (Wildman–Crippen MR) is 101 cm³/mol. The molecule has 5 nitrogen and oxygen atoms in total. The Balaban J connectivity index is 2.18. The van der Waals surface area contributed by atoms with Gasteiger partial charge in [-0.3, -0.25) is 5.43 Å². The Hall–Kier alpha value is -2.02. The van der Waals surface area contributed by atoms with E-state index in [1.165, 1.54) is 0 Å². The van der Waals surface area contributed by atoms with Gasteiger partial charge in [-0.25, -0.2) is 0 Å². The molecule has 0 amide bonds. The minimum Gasteiger partial charge on any atom is -0.496 e. The molecule has 0 spiro atoms. The van der Waals surface area contributed by atoms with Gasteiger partial charge in [0, 0.05) is 5.56 Å². The van der Waals surface area contributed by atoms with Crippen LogP contribution in [0.4, 0.5) is 0 Å². The van der Waals surface area contributed by atoms with E-state index in [9.17, 15) is 0 Å². The lowest BCUT2D eigenvalue weighted by Gasteiger charge is -2.13. The van der Waals surface area contributed by atoms with Crippen molar-refractivity contribution < 1.29 is 9.47 Å². The molecule has 0 radical (unpaired) electrons. The summed E-state index contributed by atoms with van der Waals surface area (Å²) in [4.78, 5) is 0. The molecule has 0 aliphatic heterocycles. The van der Waals surface area contributed by atoms with Crippen molar-refractivity contribution in [2.24, 2.45) is 10.8 Å². The third-order valence-electron chi connectivity index (χ3n) is 2.98. The normalized spacial score (nSPS) is 10.6. The van der Waals surface area contributed by atoms with Crippen LogP contribution in [-0.4, -0.2) is 18.4 Å². The number of halogens is 2. The Morgan fingerprint density at radius 3 is 2.62 bits per heavy atom. The van der Waals surface area contributed by atoms with Crippen molar-refractivity contribution in [3.05, 3.63) is 57.6 Å². The van der Waals surface area contributed by atoms with Gasteiger partial charge in [-0.1, -0.05) is 29.3 Å². The van der Waals surface area contributed by atoms with E-state index in [1.807, 2.05) is 18.2 Å². The van der Waals surface area contributed by atoms with Crippen molar-refractivity contribution in [3.63, 3.8) is 0 Å². The van der Waals surface area contributed by atoms with Crippen molar-refractivity contribution in [1.29, 1.82) is 0 Å². The smallest absolute Gasteiger partial charge is 0.184 e. The topological polar surface area (TPSA) is 68.9 Å². The van der Waals surface area contributed by atoms with Crippen LogP contribution in [0.15, 0.2) is 41.5 Å². The number of nitrogens with two attached hydrogens (primary N) is 1. The van der Waals surface area contributed by atoms with Crippen LogP contribution in [-0.2, 0) is 6.61 Å². The van der Waals surface area contributed by atoms with E-state index < -0.39 is 0 Å². The fourth-order valence-electron chi connectivity index (χ4n) is 1.93. The molecule has 8 heteroatoms. The summed E-state index contributed by atoms with van der Waals surface area (Å²) in [6.45, 7) is 0.233. The fraction of sp³-hybridized carbons (Fsp3) is 0.125. The van der Waals surface area contributed by atoms with Gasteiger partial charge < -0.3 is 15.2 Å². The number of nitrogens with zero attached hydrogens (tertiary/aromatic N) is 1. The maximum absolute atomic E-state index is 6.10. The summed E-state index contributed by atoms with van der Waals surface area (Å²) >= 11 is 16.9. The molecule has 0 saturated heterocycles. The van der Waals surface area contributed by atoms with E-state index in [-0.39, 0.29) is 11.7 Å². The number of hydrogen-bond acceptors (Lipinski definition) is 4. The van der Waals surface area contributed by atoms with Crippen molar-refractivity contribution in [3.8, 4) is 11.5 Å². The molecule has 0 aliphatic carbocycles. The highest BCUT2D eigenvalue weighted by atomic mass is 35.5. The van der Waals surface area contributed by atoms with Gasteiger partial charge in [0.05, 0.1) is 23.4 Å². The van der Waals surface area contributed by atoms with Crippen LogP contribution in [0.1, 0.15) is 11.1 Å². The third kappa shape index (κ3) is 4.99. The molecule has 0 bridgehead atoms. The van der Waals surface area contributed by atoms with Gasteiger partial charge in [0.1, 0.15) is 12.4 Å². The molecule has 2 aromatic rings. The molecule has 0 aliphatic rings. The lowest BCUT2D eigenvalue weighted by Crippen LogP contribution is -2.24. The molecule has 0 fully saturated rings. The molecule has 0 atom stereocenters. The number of nitrogens with one attached hydrogen (secondary N) is 1. The van der Waals surface area contributed by atoms with Gasteiger partial charge in [-0.2, -0.15) is 5.10 Å². The summed E-state index contributed by atoms with van der Waals surface area (Å²) in [5, 5.41) is 4.90. The van der Waals surface area contributed by atoms with Gasteiger partial charge >= 0.3 is 0 Å². The minimum absolute atomic E-state index is 0.0941. The average molecular weight is 384 g/mol. The molecule has 0 unspecified atom stereocenters. The second kappa shape index (κ2) is 8.73. The molecule has 0 heterocycles. The number of hydrazone groups is 1. The number of para-hydroxylation sites is 1. The number of methoxy groups -OCH3 is 1. The van der Waals surface area contributed by atoms with Crippen LogP contribution in [0.5, 0.6) is 11.5 Å². The molecular formula is C16H15Cl2N3O2S. The monoisotopic (exact) mass is 383 g/mol. The quantitative estimate of drug-likeness (QED) is 0.451. The van der Waals surface area contributed by atoms with E-state index in [1.54, 1.807) is 31.5 Å². The standard InChI is InChI=1S/C16H15Cl2N3O2S/c1-22-14-6-5-10(8-20-21-16(19)24)7-11(14)9-23-15-12(17)3-2-4-13(15)18/h2-8H,9H2,1H3,(H3,19,21,24). The molecule has 0 saturated carbocycles. The average Bonchev–Trinajstić information content (AvgIpc) is 2.54. The fourth-order valence-corrected chi connectivity index (χ4v) is 2.49. The largest absolute Gasteiger partial charge is 0.496 e. The number of benzene rings is 2. The van der Waals surface area contributed by atoms with Crippen LogP contribution in [0, 0.1) is 0 Å². The van der Waals surface area contributed by atoms with E-state index in [2.05, 4.69) is 22.7 Å². The van der Waals surface area contributed by atoms with Crippen molar-refractivity contribution in [1.82, 2.24) is 5.43 Å². The van der Waals surface area contributed by atoms with Crippen LogP contribution in [0.2, 0.25) is 10.0 Å². The van der Waals surface area contributed by atoms with E-state index >= 15 is 0 Å². The summed E-state index contributed by atoms with van der Waals surface area (Å²) in [6, 6.07) is 10.7. The summed E-state index contributed by atoms with van der Waals surface area (Å²) < 4.78 is 11.1. The van der Waals surface area contributed by atoms with Gasteiger partial charge in [-0.15, -0.1) is 0 Å². The first-order chi connectivity index (χ1) is 11.5. The number of rotatable bonds is 6. The molecule has 3 N–H and O–H groups in total. The first kappa shape index (κ1) is 18.3. The van der Waals surface area contributed by atoms with Gasteiger partial charge in [0.2, 0.25) is 0 Å². The Bertz CT molecular complexity index is 749. The maximum Gasteiger partial charge on any atom is 0.184 e. The first-order valence-corrected chi connectivity index (χ1v) is 8.00. The zero-order valence-electron chi connectivity index (χ0n) is 12.8. The second-order valence-corrected chi connectivity index (χ2v) is 5.90.